The Hall–Kier alpha value is -2.62. The lowest BCUT2D eigenvalue weighted by atomic mass is 10.1. The van der Waals surface area contributed by atoms with Gasteiger partial charge in [0.15, 0.2) is 10.9 Å². The summed E-state index contributed by atoms with van der Waals surface area (Å²) in [4.78, 5) is 45.9. The fraction of sp³-hybridized carbons (Fsp3) is 0.364. The van der Waals surface area contributed by atoms with Crippen LogP contribution in [0.5, 0.6) is 0 Å². The number of esters is 1. The number of H-pyrrole nitrogens is 1. The van der Waals surface area contributed by atoms with Crippen LogP contribution in [0.4, 0.5) is 0 Å². The number of rotatable bonds is 8. The van der Waals surface area contributed by atoms with Crippen LogP contribution >= 0.6 is 23.4 Å². The fourth-order valence-corrected chi connectivity index (χ4v) is 4.62. The molecule has 32 heavy (non-hydrogen) atoms. The van der Waals surface area contributed by atoms with Crippen molar-refractivity contribution in [1.82, 2.24) is 14.5 Å². The molecule has 2 heterocycles. The predicted octanol–water partition coefficient (Wildman–Crippen LogP) is 3.79. The van der Waals surface area contributed by atoms with Gasteiger partial charge in [0.25, 0.3) is 5.56 Å². The molecular weight excluding hydrogens is 454 g/mol. The number of carbonyl (C=O) groups excluding carboxylic acids is 2. The maximum Gasteiger partial charge on any atom is 0.339 e. The van der Waals surface area contributed by atoms with E-state index in [-0.39, 0.29) is 17.9 Å². The second-order valence-electron chi connectivity index (χ2n) is 7.25. The van der Waals surface area contributed by atoms with Crippen molar-refractivity contribution in [3.63, 3.8) is 0 Å². The molecule has 0 bridgehead atoms. The van der Waals surface area contributed by atoms with E-state index in [0.29, 0.717) is 50.2 Å². The second-order valence-corrected chi connectivity index (χ2v) is 8.99. The number of methoxy groups -OCH3 is 2. The lowest BCUT2D eigenvalue weighted by molar-refractivity contribution is 0.0599. The fourth-order valence-electron chi connectivity index (χ4n) is 3.46. The normalized spacial score (nSPS) is 12.2. The Morgan fingerprint density at radius 2 is 2.00 bits per heavy atom. The van der Waals surface area contributed by atoms with Crippen LogP contribution in [0.3, 0.4) is 0 Å². The summed E-state index contributed by atoms with van der Waals surface area (Å²) < 4.78 is 11.5. The Morgan fingerprint density at radius 1 is 1.28 bits per heavy atom. The molecule has 0 aliphatic carbocycles. The number of benzene rings is 1. The molecule has 1 N–H and O–H groups in total. The Balaban J connectivity index is 2.00. The van der Waals surface area contributed by atoms with E-state index in [1.807, 2.05) is 0 Å². The highest BCUT2D eigenvalue weighted by Gasteiger charge is 2.27. The lowest BCUT2D eigenvalue weighted by Crippen LogP contribution is -2.26. The Bertz CT molecular complexity index is 1250. The van der Waals surface area contributed by atoms with Gasteiger partial charge in [-0.1, -0.05) is 23.4 Å². The molecule has 8 nitrogen and oxygen atoms in total. The molecule has 170 valence electrons. The molecule has 0 aliphatic heterocycles. The molecule has 0 fully saturated rings. The van der Waals surface area contributed by atoms with E-state index in [1.165, 1.54) is 11.7 Å². The van der Waals surface area contributed by atoms with Gasteiger partial charge in [0.1, 0.15) is 0 Å². The zero-order chi connectivity index (χ0) is 23.6. The van der Waals surface area contributed by atoms with Crippen molar-refractivity contribution in [2.24, 2.45) is 0 Å². The first-order chi connectivity index (χ1) is 15.2. The first-order valence-electron chi connectivity index (χ1n) is 9.87. The molecule has 0 unspecified atom stereocenters. The number of thioether (sulfide) groups is 1. The van der Waals surface area contributed by atoms with Crippen LogP contribution in [0.25, 0.3) is 10.9 Å². The molecule has 0 radical (unpaired) electrons. The number of carbonyl (C=O) groups is 2. The van der Waals surface area contributed by atoms with Gasteiger partial charge in [-0.25, -0.2) is 9.78 Å². The number of fused-ring (bicyclic) bond motifs is 1. The van der Waals surface area contributed by atoms with Gasteiger partial charge < -0.3 is 14.5 Å². The van der Waals surface area contributed by atoms with Crippen LogP contribution in [0, 0.1) is 13.8 Å². The van der Waals surface area contributed by atoms with E-state index in [0.717, 1.165) is 11.8 Å². The third kappa shape index (κ3) is 4.60. The number of ether oxygens (including phenoxy) is 2. The molecule has 0 saturated carbocycles. The average Bonchev–Trinajstić information content (AvgIpc) is 3.06. The topological polar surface area (TPSA) is 103 Å². The smallest absolute Gasteiger partial charge is 0.339 e. The third-order valence-corrected chi connectivity index (χ3v) is 6.45. The molecule has 1 atom stereocenters. The summed E-state index contributed by atoms with van der Waals surface area (Å²) in [5.74, 6) is -0.721. The maximum absolute atomic E-state index is 13.2. The number of aromatic amines is 1. The highest BCUT2D eigenvalue weighted by molar-refractivity contribution is 8.00. The van der Waals surface area contributed by atoms with Crippen molar-refractivity contribution < 1.29 is 19.1 Å². The van der Waals surface area contributed by atoms with Gasteiger partial charge in [-0.05, 0) is 44.5 Å². The Kier molecular flexibility index (Phi) is 7.43. The van der Waals surface area contributed by atoms with Crippen LogP contribution in [0.15, 0.2) is 28.2 Å². The quantitative estimate of drug-likeness (QED) is 0.228. The molecule has 0 spiro atoms. The van der Waals surface area contributed by atoms with Gasteiger partial charge >= 0.3 is 5.97 Å². The van der Waals surface area contributed by atoms with E-state index in [1.54, 1.807) is 46.1 Å². The van der Waals surface area contributed by atoms with E-state index >= 15 is 0 Å². The molecule has 0 amide bonds. The van der Waals surface area contributed by atoms with E-state index < -0.39 is 11.2 Å². The minimum Gasteiger partial charge on any atom is -0.465 e. The maximum atomic E-state index is 13.2. The molecule has 3 rings (SSSR count). The number of hydrogen-bond acceptors (Lipinski definition) is 7. The number of ketones is 1. The van der Waals surface area contributed by atoms with Crippen molar-refractivity contribution in [2.75, 3.05) is 20.8 Å². The molecule has 3 aromatic rings. The van der Waals surface area contributed by atoms with Crippen LogP contribution in [0.1, 0.15) is 39.0 Å². The minimum atomic E-state index is -0.588. The average molecular weight is 478 g/mol. The number of nitrogens with one attached hydrogen (secondary N) is 1. The summed E-state index contributed by atoms with van der Waals surface area (Å²) in [5, 5.41) is 0.700. The third-order valence-electron chi connectivity index (χ3n) is 5.13. The van der Waals surface area contributed by atoms with Gasteiger partial charge in [0.2, 0.25) is 0 Å². The summed E-state index contributed by atoms with van der Waals surface area (Å²) in [6.45, 7) is 5.75. The zero-order valence-corrected chi connectivity index (χ0v) is 20.0. The highest BCUT2D eigenvalue weighted by Crippen LogP contribution is 2.28. The summed E-state index contributed by atoms with van der Waals surface area (Å²) in [6, 6.07) is 4.90. The highest BCUT2D eigenvalue weighted by atomic mass is 35.5. The van der Waals surface area contributed by atoms with Gasteiger partial charge in [0.05, 0.1) is 47.7 Å². The van der Waals surface area contributed by atoms with Crippen LogP contribution < -0.4 is 5.56 Å². The summed E-state index contributed by atoms with van der Waals surface area (Å²) >= 11 is 7.25. The Labute approximate surface area is 194 Å². The number of Topliss-reactive ketones (excluding diaryl/α,β-unsaturated/α-hetero) is 1. The molecule has 1 aromatic carbocycles. The number of aryl methyl sites for hydroxylation is 1. The SMILES string of the molecule is COCCn1c(S[C@H](C)C(=O)c2[nH]c(C)c(C(=O)OC)c2C)nc2cc(Cl)ccc2c1=O. The van der Waals surface area contributed by atoms with Crippen LogP contribution in [-0.4, -0.2) is 52.4 Å². The largest absolute Gasteiger partial charge is 0.465 e. The summed E-state index contributed by atoms with van der Waals surface area (Å²) in [5.41, 5.74) is 2.00. The van der Waals surface area contributed by atoms with Gasteiger partial charge in [0, 0.05) is 17.8 Å². The summed E-state index contributed by atoms with van der Waals surface area (Å²) in [7, 11) is 2.85. The van der Waals surface area contributed by atoms with Crippen molar-refractivity contribution in [3.8, 4) is 0 Å². The predicted molar refractivity (Wildman–Crippen MR) is 124 cm³/mol. The Morgan fingerprint density at radius 3 is 2.66 bits per heavy atom. The number of aromatic nitrogens is 3. The molecule has 2 aromatic heterocycles. The van der Waals surface area contributed by atoms with Crippen LogP contribution in [-0.2, 0) is 16.0 Å². The van der Waals surface area contributed by atoms with Crippen molar-refractivity contribution in [3.05, 3.63) is 56.1 Å². The second kappa shape index (κ2) is 9.89. The van der Waals surface area contributed by atoms with Gasteiger partial charge in [-0.2, -0.15) is 0 Å². The standard InChI is InChI=1S/C22H24ClN3O5S/c1-11-17(21(29)31-5)12(2)24-18(11)19(27)13(3)32-22-25-16-10-14(23)6-7-15(16)20(28)26(22)8-9-30-4/h6-7,10,13,24H,8-9H2,1-5H3/t13-/m1/s1. The molecule has 10 heteroatoms. The summed E-state index contributed by atoms with van der Waals surface area (Å²) in [6.07, 6.45) is 0. The first-order valence-corrected chi connectivity index (χ1v) is 11.1. The number of hydrogen-bond donors (Lipinski definition) is 1. The van der Waals surface area contributed by atoms with Gasteiger partial charge in [-0.15, -0.1) is 0 Å². The lowest BCUT2D eigenvalue weighted by Gasteiger charge is -2.16. The van der Waals surface area contributed by atoms with Crippen molar-refractivity contribution in [1.29, 1.82) is 0 Å². The first kappa shape index (κ1) is 24.0. The molecule has 0 aliphatic rings. The van der Waals surface area contributed by atoms with E-state index in [2.05, 4.69) is 9.97 Å². The zero-order valence-electron chi connectivity index (χ0n) is 18.4. The number of nitrogens with zero attached hydrogens (tertiary/aromatic N) is 2. The van der Waals surface area contributed by atoms with E-state index in [4.69, 9.17) is 21.1 Å². The van der Waals surface area contributed by atoms with E-state index in [9.17, 15) is 14.4 Å². The molecular formula is C22H24ClN3O5S. The monoisotopic (exact) mass is 477 g/mol. The number of halogens is 1. The van der Waals surface area contributed by atoms with Crippen molar-refractivity contribution in [2.45, 2.75) is 37.7 Å². The van der Waals surface area contributed by atoms with Gasteiger partial charge in [-0.3, -0.25) is 14.2 Å². The van der Waals surface area contributed by atoms with Crippen molar-refractivity contribution >= 4 is 46.0 Å². The molecule has 0 saturated heterocycles. The minimum absolute atomic E-state index is 0.218. The van der Waals surface area contributed by atoms with Crippen LogP contribution in [0.2, 0.25) is 5.02 Å².